The van der Waals surface area contributed by atoms with Crippen molar-refractivity contribution >= 4 is 5.91 Å². The second kappa shape index (κ2) is 5.54. The summed E-state index contributed by atoms with van der Waals surface area (Å²) < 4.78 is 10.8. The smallest absolute Gasteiger partial charge is 0.255 e. The van der Waals surface area contributed by atoms with E-state index in [1.165, 1.54) is 0 Å². The van der Waals surface area contributed by atoms with E-state index < -0.39 is 5.60 Å². The quantitative estimate of drug-likeness (QED) is 0.869. The van der Waals surface area contributed by atoms with Gasteiger partial charge in [-0.15, -0.1) is 0 Å². The average molecular weight is 252 g/mol. The minimum Gasteiger partial charge on any atom is -0.467 e. The van der Waals surface area contributed by atoms with Crippen LogP contribution in [0.5, 0.6) is 0 Å². The Bertz CT molecular complexity index is 383. The molecule has 5 nitrogen and oxygen atoms in total. The molecule has 1 aliphatic heterocycles. The van der Waals surface area contributed by atoms with Crippen molar-refractivity contribution in [3.8, 4) is 0 Å². The van der Waals surface area contributed by atoms with Gasteiger partial charge in [-0.25, -0.2) is 0 Å². The lowest BCUT2D eigenvalue weighted by Gasteiger charge is -2.37. The van der Waals surface area contributed by atoms with Crippen LogP contribution in [0.1, 0.15) is 18.6 Å². The number of rotatable bonds is 4. The highest BCUT2D eigenvalue weighted by Crippen LogP contribution is 2.25. The van der Waals surface area contributed by atoms with Crippen molar-refractivity contribution in [3.05, 3.63) is 24.2 Å². The maximum Gasteiger partial charge on any atom is 0.255 e. The summed E-state index contributed by atoms with van der Waals surface area (Å²) in [7, 11) is 3.40. The number of hydrogen-bond acceptors (Lipinski definition) is 4. The molecule has 0 radical (unpaired) electrons. The Balaban J connectivity index is 2.04. The number of amides is 1. The summed E-state index contributed by atoms with van der Waals surface area (Å²) in [5.74, 6) is 0.814. The minimum atomic E-state index is -0.674. The van der Waals surface area contributed by atoms with Crippen molar-refractivity contribution in [2.75, 3.05) is 27.2 Å². The van der Waals surface area contributed by atoms with Gasteiger partial charge in [0, 0.05) is 14.2 Å². The third-order valence-electron chi connectivity index (χ3n) is 3.51. The van der Waals surface area contributed by atoms with Crippen LogP contribution < -0.4 is 5.32 Å². The van der Waals surface area contributed by atoms with Crippen molar-refractivity contribution in [1.82, 2.24) is 10.2 Å². The van der Waals surface area contributed by atoms with Gasteiger partial charge in [0.2, 0.25) is 0 Å². The van der Waals surface area contributed by atoms with E-state index in [0.717, 1.165) is 18.8 Å². The first-order chi connectivity index (χ1) is 8.68. The van der Waals surface area contributed by atoms with Crippen molar-refractivity contribution in [3.63, 3.8) is 0 Å². The number of carbonyl (C=O) groups is 1. The summed E-state index contributed by atoms with van der Waals surface area (Å²) in [6.07, 6.45) is 3.04. The Morgan fingerprint density at radius 3 is 2.83 bits per heavy atom. The lowest BCUT2D eigenvalue weighted by atomic mass is 9.90. The summed E-state index contributed by atoms with van der Waals surface area (Å²) in [5.41, 5.74) is -0.674. The molecule has 0 aliphatic carbocycles. The Kier molecular flexibility index (Phi) is 4.04. The van der Waals surface area contributed by atoms with E-state index in [-0.39, 0.29) is 5.91 Å². The van der Waals surface area contributed by atoms with E-state index in [4.69, 9.17) is 9.15 Å². The van der Waals surface area contributed by atoms with Crippen molar-refractivity contribution < 1.29 is 13.9 Å². The fraction of sp³-hybridized carbons (Fsp3) is 0.615. The number of likely N-dealkylation sites (N-methyl/N-ethyl adjacent to an activating group) is 1. The molecular weight excluding hydrogens is 232 g/mol. The second-order valence-electron chi connectivity index (χ2n) is 4.69. The number of nitrogens with one attached hydrogen (secondary N) is 1. The van der Waals surface area contributed by atoms with Gasteiger partial charge in [-0.05, 0) is 38.1 Å². The fourth-order valence-corrected chi connectivity index (χ4v) is 2.39. The zero-order valence-electron chi connectivity index (χ0n) is 10.9. The lowest BCUT2D eigenvalue weighted by molar-refractivity contribution is -0.157. The summed E-state index contributed by atoms with van der Waals surface area (Å²) in [5, 5.41) is 3.24. The van der Waals surface area contributed by atoms with Crippen LogP contribution >= 0.6 is 0 Å². The number of furan rings is 1. The molecule has 0 atom stereocenters. The first-order valence-corrected chi connectivity index (χ1v) is 6.22. The number of ether oxygens (including phenoxy) is 1. The highest BCUT2D eigenvalue weighted by Gasteiger charge is 2.41. The van der Waals surface area contributed by atoms with Gasteiger partial charge in [0.15, 0.2) is 0 Å². The first kappa shape index (κ1) is 13.1. The van der Waals surface area contributed by atoms with E-state index >= 15 is 0 Å². The third kappa shape index (κ3) is 2.57. The molecule has 0 unspecified atom stereocenters. The average Bonchev–Trinajstić information content (AvgIpc) is 2.91. The number of piperidine rings is 1. The maximum absolute atomic E-state index is 12.5. The third-order valence-corrected chi connectivity index (χ3v) is 3.51. The summed E-state index contributed by atoms with van der Waals surface area (Å²) in [6, 6.07) is 3.69. The zero-order chi connectivity index (χ0) is 13.0. The molecule has 1 aliphatic rings. The summed E-state index contributed by atoms with van der Waals surface area (Å²) in [4.78, 5) is 14.2. The largest absolute Gasteiger partial charge is 0.467 e. The van der Waals surface area contributed by atoms with E-state index in [0.29, 0.717) is 19.4 Å². The van der Waals surface area contributed by atoms with Gasteiger partial charge in [-0.2, -0.15) is 0 Å². The van der Waals surface area contributed by atoms with Crippen LogP contribution in [0, 0.1) is 0 Å². The Morgan fingerprint density at radius 2 is 2.28 bits per heavy atom. The normalized spacial score (nSPS) is 18.6. The van der Waals surface area contributed by atoms with Crippen molar-refractivity contribution in [2.45, 2.75) is 25.0 Å². The van der Waals surface area contributed by atoms with Gasteiger partial charge in [0.05, 0.1) is 12.8 Å². The Hall–Kier alpha value is -1.33. The Morgan fingerprint density at radius 1 is 1.56 bits per heavy atom. The van der Waals surface area contributed by atoms with Crippen LogP contribution in [0.3, 0.4) is 0 Å². The number of carbonyl (C=O) groups excluding carboxylic acids is 1. The number of methoxy groups -OCH3 is 1. The molecule has 1 fully saturated rings. The highest BCUT2D eigenvalue weighted by molar-refractivity contribution is 5.85. The van der Waals surface area contributed by atoms with Crippen LogP contribution in [-0.2, 0) is 16.1 Å². The van der Waals surface area contributed by atoms with Crippen molar-refractivity contribution in [2.24, 2.45) is 0 Å². The molecule has 18 heavy (non-hydrogen) atoms. The molecule has 1 saturated heterocycles. The number of hydrogen-bond donors (Lipinski definition) is 1. The predicted octanol–water partition coefficient (Wildman–Crippen LogP) is 1.01. The monoisotopic (exact) mass is 252 g/mol. The van der Waals surface area contributed by atoms with Crippen LogP contribution in [-0.4, -0.2) is 43.7 Å². The van der Waals surface area contributed by atoms with E-state index in [2.05, 4.69) is 5.32 Å². The molecule has 0 bridgehead atoms. The molecule has 5 heteroatoms. The molecule has 0 aromatic carbocycles. The van der Waals surface area contributed by atoms with Crippen LogP contribution in [0.25, 0.3) is 0 Å². The van der Waals surface area contributed by atoms with Crippen LogP contribution in [0.2, 0.25) is 0 Å². The molecule has 1 aromatic heterocycles. The molecule has 2 rings (SSSR count). The standard InChI is InChI=1S/C13H20N2O3/c1-15(10-11-4-3-9-18-11)12(16)13(17-2)5-7-14-8-6-13/h3-4,9,14H,5-8,10H2,1-2H3. The van der Waals surface area contributed by atoms with E-state index in [9.17, 15) is 4.79 Å². The lowest BCUT2D eigenvalue weighted by Crippen LogP contribution is -2.54. The molecule has 1 amide bonds. The van der Waals surface area contributed by atoms with Gasteiger partial charge in [0.1, 0.15) is 11.4 Å². The molecular formula is C13H20N2O3. The fourth-order valence-electron chi connectivity index (χ4n) is 2.39. The minimum absolute atomic E-state index is 0.0305. The predicted molar refractivity (Wildman–Crippen MR) is 67.0 cm³/mol. The van der Waals surface area contributed by atoms with Crippen LogP contribution in [0.15, 0.2) is 22.8 Å². The van der Waals surface area contributed by atoms with Crippen LogP contribution in [0.4, 0.5) is 0 Å². The van der Waals surface area contributed by atoms with Gasteiger partial charge in [-0.3, -0.25) is 4.79 Å². The van der Waals surface area contributed by atoms with Crippen molar-refractivity contribution in [1.29, 1.82) is 0 Å². The second-order valence-corrected chi connectivity index (χ2v) is 4.69. The molecule has 1 aromatic rings. The molecule has 100 valence electrons. The SMILES string of the molecule is COC1(C(=O)N(C)Cc2ccco2)CCNCC1. The summed E-state index contributed by atoms with van der Waals surface area (Å²) in [6.45, 7) is 2.10. The van der Waals surface area contributed by atoms with Gasteiger partial charge < -0.3 is 19.4 Å². The molecule has 0 spiro atoms. The van der Waals surface area contributed by atoms with E-state index in [1.807, 2.05) is 12.1 Å². The zero-order valence-corrected chi connectivity index (χ0v) is 10.9. The molecule has 1 N–H and O–H groups in total. The van der Waals surface area contributed by atoms with Gasteiger partial charge in [0.25, 0.3) is 5.91 Å². The summed E-state index contributed by atoms with van der Waals surface area (Å²) >= 11 is 0. The highest BCUT2D eigenvalue weighted by atomic mass is 16.5. The van der Waals surface area contributed by atoms with Gasteiger partial charge in [-0.1, -0.05) is 0 Å². The van der Waals surface area contributed by atoms with E-state index in [1.54, 1.807) is 25.3 Å². The topological polar surface area (TPSA) is 54.7 Å². The first-order valence-electron chi connectivity index (χ1n) is 6.22. The maximum atomic E-state index is 12.5. The molecule has 2 heterocycles. The molecule has 0 saturated carbocycles. The van der Waals surface area contributed by atoms with Gasteiger partial charge >= 0.3 is 0 Å². The number of nitrogens with zero attached hydrogens (tertiary/aromatic N) is 1. The Labute approximate surface area is 107 Å².